The Kier molecular flexibility index (Phi) is 10.9. The van der Waals surface area contributed by atoms with Crippen molar-refractivity contribution in [1.29, 1.82) is 0 Å². The minimum absolute atomic E-state index is 0.0275. The number of hydrogen-bond acceptors (Lipinski definition) is 4. The molecule has 3 atom stereocenters. The van der Waals surface area contributed by atoms with Crippen LogP contribution in [-0.4, -0.2) is 43.1 Å². The van der Waals surface area contributed by atoms with E-state index >= 15 is 0 Å². The van der Waals surface area contributed by atoms with Crippen LogP contribution in [0.4, 0.5) is 0 Å². The molecule has 0 heterocycles. The lowest BCUT2D eigenvalue weighted by Gasteiger charge is -2.25. The maximum atomic E-state index is 13.4. The average Bonchev–Trinajstić information content (AvgIpc) is 2.92. The first kappa shape index (κ1) is 30.1. The number of rotatable bonds is 13. The molecule has 0 aromatic heterocycles. The van der Waals surface area contributed by atoms with Crippen LogP contribution in [0.3, 0.4) is 0 Å². The predicted molar refractivity (Wildman–Crippen MR) is 156 cm³/mol. The van der Waals surface area contributed by atoms with Gasteiger partial charge < -0.3 is 20.3 Å². The second-order valence-corrected chi connectivity index (χ2v) is 12.7. The summed E-state index contributed by atoms with van der Waals surface area (Å²) in [5.74, 6) is -0.599. The van der Waals surface area contributed by atoms with Gasteiger partial charge in [-0.05, 0) is 46.7 Å². The number of carbonyl (C=O) groups excluding carboxylic acids is 2. The molecule has 208 valence electrons. The SMILES string of the molecule is CNC(=O)[C@@H](Cc1ccc(OC)cc1)NC(=O)C(CC(C)C)CP(=O)(O)Cc1cccc(-c2ccccc2)c1. The van der Waals surface area contributed by atoms with E-state index < -0.39 is 25.2 Å². The van der Waals surface area contributed by atoms with Gasteiger partial charge in [0, 0.05) is 31.7 Å². The molecule has 0 aliphatic rings. The Labute approximate surface area is 231 Å². The highest BCUT2D eigenvalue weighted by atomic mass is 31.2. The molecule has 3 N–H and O–H groups in total. The van der Waals surface area contributed by atoms with Gasteiger partial charge >= 0.3 is 0 Å². The van der Waals surface area contributed by atoms with Gasteiger partial charge in [-0.2, -0.15) is 0 Å². The van der Waals surface area contributed by atoms with Crippen LogP contribution in [0.5, 0.6) is 5.75 Å². The van der Waals surface area contributed by atoms with Crippen LogP contribution in [0, 0.1) is 11.8 Å². The maximum Gasteiger partial charge on any atom is 0.242 e. The standard InChI is InChI=1S/C31H39N2O5P/c1-22(2)17-27(30(34)33-29(31(35)32-3)19-23-13-15-28(38-4)16-14-23)21-39(36,37)20-24-9-8-12-26(18-24)25-10-6-5-7-11-25/h5-16,18,22,27,29H,17,19-21H2,1-4H3,(H,32,35)(H,33,34)(H,36,37)/t27?,29-/m1/s1. The highest BCUT2D eigenvalue weighted by molar-refractivity contribution is 7.57. The maximum absolute atomic E-state index is 13.4. The summed E-state index contributed by atoms with van der Waals surface area (Å²) in [7, 11) is -0.616. The fourth-order valence-corrected chi connectivity index (χ4v) is 6.58. The van der Waals surface area contributed by atoms with Gasteiger partial charge in [0.25, 0.3) is 0 Å². The molecular weight excluding hydrogens is 511 g/mol. The Morgan fingerprint density at radius 1 is 0.897 bits per heavy atom. The summed E-state index contributed by atoms with van der Waals surface area (Å²) in [6, 6.07) is 23.9. The Bertz CT molecular complexity index is 1280. The van der Waals surface area contributed by atoms with Crippen molar-refractivity contribution in [3.8, 4) is 16.9 Å². The molecule has 2 unspecified atom stereocenters. The number of ether oxygens (including phenoxy) is 1. The molecule has 3 aromatic carbocycles. The van der Waals surface area contributed by atoms with Crippen LogP contribution < -0.4 is 15.4 Å². The van der Waals surface area contributed by atoms with Crippen LogP contribution in [0.2, 0.25) is 0 Å². The van der Waals surface area contributed by atoms with Gasteiger partial charge in [-0.3, -0.25) is 14.2 Å². The summed E-state index contributed by atoms with van der Waals surface area (Å²) in [6.07, 6.45) is 0.534. The van der Waals surface area contributed by atoms with Crippen molar-refractivity contribution in [1.82, 2.24) is 10.6 Å². The van der Waals surface area contributed by atoms with E-state index in [-0.39, 0.29) is 30.6 Å². The molecule has 0 aliphatic heterocycles. The highest BCUT2D eigenvalue weighted by Crippen LogP contribution is 2.47. The normalized spacial score (nSPS) is 14.2. The van der Waals surface area contributed by atoms with E-state index in [1.165, 1.54) is 7.05 Å². The first-order chi connectivity index (χ1) is 18.6. The number of methoxy groups -OCH3 is 1. The topological polar surface area (TPSA) is 105 Å². The van der Waals surface area contributed by atoms with E-state index in [2.05, 4.69) is 10.6 Å². The zero-order chi connectivity index (χ0) is 28.4. The van der Waals surface area contributed by atoms with Crippen LogP contribution in [-0.2, 0) is 26.7 Å². The summed E-state index contributed by atoms with van der Waals surface area (Å²) in [5, 5.41) is 5.46. The lowest BCUT2D eigenvalue weighted by Crippen LogP contribution is -2.49. The Morgan fingerprint density at radius 2 is 1.56 bits per heavy atom. The zero-order valence-corrected chi connectivity index (χ0v) is 24.0. The van der Waals surface area contributed by atoms with E-state index in [1.54, 1.807) is 19.2 Å². The Hall–Kier alpha value is -3.41. The second-order valence-electron chi connectivity index (χ2n) is 10.3. The van der Waals surface area contributed by atoms with Crippen LogP contribution in [0.25, 0.3) is 11.1 Å². The molecule has 0 spiro atoms. The van der Waals surface area contributed by atoms with E-state index in [0.29, 0.717) is 12.2 Å². The lowest BCUT2D eigenvalue weighted by molar-refractivity contribution is -0.130. The van der Waals surface area contributed by atoms with Crippen LogP contribution >= 0.6 is 7.37 Å². The number of amides is 2. The molecule has 0 saturated carbocycles. The first-order valence-electron chi connectivity index (χ1n) is 13.2. The van der Waals surface area contributed by atoms with Crippen molar-refractivity contribution in [2.75, 3.05) is 20.3 Å². The zero-order valence-electron chi connectivity index (χ0n) is 23.1. The van der Waals surface area contributed by atoms with Gasteiger partial charge in [0.2, 0.25) is 19.2 Å². The smallest absolute Gasteiger partial charge is 0.242 e. The summed E-state index contributed by atoms with van der Waals surface area (Å²) in [6.45, 7) is 3.94. The quantitative estimate of drug-likeness (QED) is 0.252. The van der Waals surface area contributed by atoms with Gasteiger partial charge in [-0.25, -0.2) is 0 Å². The fourth-order valence-electron chi connectivity index (χ4n) is 4.68. The Morgan fingerprint density at radius 3 is 2.18 bits per heavy atom. The van der Waals surface area contributed by atoms with Crippen LogP contribution in [0.15, 0.2) is 78.9 Å². The molecule has 0 bridgehead atoms. The van der Waals surface area contributed by atoms with Gasteiger partial charge in [-0.15, -0.1) is 0 Å². The average molecular weight is 551 g/mol. The molecule has 39 heavy (non-hydrogen) atoms. The number of hydrogen-bond donors (Lipinski definition) is 3. The van der Waals surface area contributed by atoms with Crippen molar-refractivity contribution < 1.29 is 23.8 Å². The molecule has 0 radical (unpaired) electrons. The third-order valence-electron chi connectivity index (χ3n) is 6.57. The van der Waals surface area contributed by atoms with Gasteiger partial charge in [0.05, 0.1) is 7.11 Å². The monoisotopic (exact) mass is 550 g/mol. The minimum atomic E-state index is -3.72. The summed E-state index contributed by atoms with van der Waals surface area (Å²) in [4.78, 5) is 37.1. The number of nitrogens with one attached hydrogen (secondary N) is 2. The first-order valence-corrected chi connectivity index (χ1v) is 15.2. The van der Waals surface area contributed by atoms with Crippen LogP contribution in [0.1, 0.15) is 31.4 Å². The van der Waals surface area contributed by atoms with Crippen molar-refractivity contribution in [2.45, 2.75) is 38.9 Å². The molecular formula is C31H39N2O5P. The van der Waals surface area contributed by atoms with Crippen molar-refractivity contribution in [2.24, 2.45) is 11.8 Å². The third-order valence-corrected chi connectivity index (χ3v) is 8.45. The number of carbonyl (C=O) groups is 2. The van der Waals surface area contributed by atoms with Crippen molar-refractivity contribution >= 4 is 19.2 Å². The summed E-state index contributed by atoms with van der Waals surface area (Å²) in [5.41, 5.74) is 3.60. The van der Waals surface area contributed by atoms with Gasteiger partial charge in [0.15, 0.2) is 0 Å². The number of benzene rings is 3. The second kappa shape index (κ2) is 14.1. The molecule has 3 aromatic rings. The van der Waals surface area contributed by atoms with E-state index in [1.807, 2.05) is 80.6 Å². The summed E-state index contributed by atoms with van der Waals surface area (Å²) >= 11 is 0. The van der Waals surface area contributed by atoms with E-state index in [0.717, 1.165) is 22.3 Å². The highest BCUT2D eigenvalue weighted by Gasteiger charge is 2.32. The summed E-state index contributed by atoms with van der Waals surface area (Å²) < 4.78 is 18.6. The largest absolute Gasteiger partial charge is 0.497 e. The van der Waals surface area contributed by atoms with Gasteiger partial charge in [0.1, 0.15) is 11.8 Å². The molecule has 0 aliphatic carbocycles. The minimum Gasteiger partial charge on any atom is -0.497 e. The van der Waals surface area contributed by atoms with Crippen molar-refractivity contribution in [3.05, 3.63) is 90.0 Å². The van der Waals surface area contributed by atoms with E-state index in [4.69, 9.17) is 4.74 Å². The Balaban J connectivity index is 1.74. The molecule has 0 saturated heterocycles. The predicted octanol–water partition coefficient (Wildman–Crippen LogP) is 5.27. The number of likely N-dealkylation sites (N-methyl/N-ethyl adjacent to an activating group) is 1. The molecule has 8 heteroatoms. The third kappa shape index (κ3) is 9.38. The van der Waals surface area contributed by atoms with E-state index in [9.17, 15) is 19.0 Å². The fraction of sp³-hybridized carbons (Fsp3) is 0.355. The molecule has 0 fully saturated rings. The molecule has 3 rings (SSSR count). The molecule has 7 nitrogen and oxygen atoms in total. The molecule has 2 amide bonds. The van der Waals surface area contributed by atoms with Crippen molar-refractivity contribution in [3.63, 3.8) is 0 Å². The lowest BCUT2D eigenvalue weighted by atomic mass is 9.97. The van der Waals surface area contributed by atoms with Gasteiger partial charge in [-0.1, -0.05) is 80.6 Å².